The van der Waals surface area contributed by atoms with E-state index in [4.69, 9.17) is 5.73 Å². The number of nitrogens with one attached hydrogen (secondary N) is 1. The third kappa shape index (κ3) is 4.74. The number of carbonyl (C=O) groups excluding carboxylic acids is 5. The summed E-state index contributed by atoms with van der Waals surface area (Å²) in [6, 6.07) is 10.8. The molecule has 2 unspecified atom stereocenters. The third-order valence-electron chi connectivity index (χ3n) is 9.38. The molecule has 0 aromatic heterocycles. The quantitative estimate of drug-likeness (QED) is 0.375. The van der Waals surface area contributed by atoms with E-state index in [-0.39, 0.29) is 36.4 Å². The summed E-state index contributed by atoms with van der Waals surface area (Å²) in [6.45, 7) is 1.15. The monoisotopic (exact) mass is 586 g/mol. The largest absolute Gasteiger partial charge is 0.507 e. The van der Waals surface area contributed by atoms with Gasteiger partial charge in [-0.1, -0.05) is 35.9 Å². The Kier molecular flexibility index (Phi) is 7.22. The minimum Gasteiger partial charge on any atom is -0.507 e. The molecule has 5 N–H and O–H groups in total. The predicted octanol–water partition coefficient (Wildman–Crippen LogP) is 2.66. The maximum absolute atomic E-state index is 13.8. The third-order valence-corrected chi connectivity index (χ3v) is 9.38. The van der Waals surface area contributed by atoms with E-state index < -0.39 is 58.3 Å². The summed E-state index contributed by atoms with van der Waals surface area (Å²) in [4.78, 5) is 64.9. The van der Waals surface area contributed by atoms with Gasteiger partial charge in [0.2, 0.25) is 5.91 Å². The van der Waals surface area contributed by atoms with Gasteiger partial charge in [0.15, 0.2) is 34.7 Å². The molecular weight excluding hydrogens is 555 g/mol. The molecule has 0 spiro atoms. The van der Waals surface area contributed by atoms with Gasteiger partial charge in [-0.15, -0.1) is 0 Å². The van der Waals surface area contributed by atoms with Crippen molar-refractivity contribution in [3.05, 3.63) is 76.6 Å². The number of phenolic OH excluding ortho intramolecular Hbond substituents is 1. The van der Waals surface area contributed by atoms with Gasteiger partial charge in [0.1, 0.15) is 11.6 Å². The first kappa shape index (κ1) is 28.8. The molecule has 0 bridgehead atoms. The second-order valence-corrected chi connectivity index (χ2v) is 12.0. The van der Waals surface area contributed by atoms with Crippen molar-refractivity contribution in [2.45, 2.75) is 44.2 Å². The number of nitrogens with two attached hydrogens (primary N) is 1. The van der Waals surface area contributed by atoms with Crippen molar-refractivity contribution in [3.63, 3.8) is 0 Å². The van der Waals surface area contributed by atoms with Crippen molar-refractivity contribution >= 4 is 29.0 Å². The minimum atomic E-state index is -2.67. The zero-order valence-electron chi connectivity index (χ0n) is 23.3. The molecule has 0 saturated heterocycles. The van der Waals surface area contributed by atoms with Gasteiger partial charge >= 0.3 is 0 Å². The lowest BCUT2D eigenvalue weighted by Gasteiger charge is -2.48. The number of primary amides is 1. The highest BCUT2D eigenvalue weighted by Gasteiger charge is 2.66. The molecule has 4 aliphatic rings. The van der Waals surface area contributed by atoms with Gasteiger partial charge in [0.25, 0.3) is 0 Å². The van der Waals surface area contributed by atoms with Gasteiger partial charge in [-0.3, -0.25) is 24.0 Å². The second-order valence-electron chi connectivity index (χ2n) is 12.0. The van der Waals surface area contributed by atoms with Crippen LogP contribution in [0.25, 0.3) is 11.1 Å². The summed E-state index contributed by atoms with van der Waals surface area (Å²) >= 11 is 0. The van der Waals surface area contributed by atoms with Crippen LogP contribution >= 0.6 is 0 Å². The van der Waals surface area contributed by atoms with E-state index in [0.29, 0.717) is 30.6 Å². The molecule has 2 aromatic carbocycles. The van der Waals surface area contributed by atoms with Crippen molar-refractivity contribution < 1.29 is 38.6 Å². The molecule has 9 nitrogen and oxygen atoms in total. The molecule has 0 heterocycles. The van der Waals surface area contributed by atoms with Crippen LogP contribution in [-0.2, 0) is 32.1 Å². The van der Waals surface area contributed by atoms with Gasteiger partial charge in [-0.2, -0.15) is 0 Å². The molecule has 0 radical (unpaired) electrons. The topological polar surface area (TPSA) is 164 Å². The van der Waals surface area contributed by atoms with Gasteiger partial charge in [-0.05, 0) is 72.1 Å². The average molecular weight is 587 g/mol. The van der Waals surface area contributed by atoms with Gasteiger partial charge < -0.3 is 21.3 Å². The van der Waals surface area contributed by atoms with Crippen LogP contribution in [0.15, 0.2) is 60.0 Å². The molecule has 6 rings (SSSR count). The molecule has 222 valence electrons. The zero-order valence-corrected chi connectivity index (χ0v) is 23.3. The van der Waals surface area contributed by atoms with Crippen molar-refractivity contribution in [2.24, 2.45) is 29.4 Å². The number of hydrogen-bond donors (Lipinski definition) is 4. The van der Waals surface area contributed by atoms with E-state index in [1.54, 1.807) is 18.2 Å². The Morgan fingerprint density at radius 2 is 1.77 bits per heavy atom. The first-order valence-corrected chi connectivity index (χ1v) is 14.4. The smallest absolute Gasteiger partial charge is 0.235 e. The molecular formula is C33H31FN2O7. The number of phenols is 1. The molecule has 43 heavy (non-hydrogen) atoms. The number of fused-ring (bicyclic) bond motifs is 3. The minimum absolute atomic E-state index is 0.0345. The van der Waals surface area contributed by atoms with E-state index in [9.17, 15) is 38.6 Å². The lowest BCUT2D eigenvalue weighted by Crippen LogP contribution is -2.68. The lowest BCUT2D eigenvalue weighted by atomic mass is 9.53. The van der Waals surface area contributed by atoms with Crippen LogP contribution in [0, 0.1) is 23.7 Å². The number of benzene rings is 2. The summed E-state index contributed by atoms with van der Waals surface area (Å²) in [6.07, 6.45) is 4.51. The number of hydrogen-bond acceptors (Lipinski definition) is 8. The van der Waals surface area contributed by atoms with Crippen LogP contribution < -0.4 is 11.1 Å². The highest BCUT2D eigenvalue weighted by molar-refractivity contribution is 6.31. The maximum Gasteiger partial charge on any atom is 0.235 e. The fraction of sp³-hybridized carbons (Fsp3) is 0.364. The average Bonchev–Trinajstić information content (AvgIpc) is 2.95. The number of aliphatic hydroxyl groups is 1. The molecule has 0 aliphatic heterocycles. The SMILES string of the molecule is NC(=O)C1C(=O)C[C@@H]2C[C@@H]3Cc4c(-c5ccc(CNCC6=CC(F)=CCC6)cc5)ccc(O)c4C(=O)C3C(=O)[C@]2(O)C1=O. The Labute approximate surface area is 246 Å². The number of aromatic hydroxyl groups is 1. The number of ketones is 4. The summed E-state index contributed by atoms with van der Waals surface area (Å²) in [5.41, 5.74) is 6.58. The molecule has 4 aliphatic carbocycles. The summed E-state index contributed by atoms with van der Waals surface area (Å²) in [7, 11) is 0. The standard InChI is InChI=1S/C33H31FN2O7/c34-21-3-1-2-17(10-21)15-36-14-16-4-6-18(7-5-16)22-8-9-24(37)27-23(22)12-19-11-20-13-25(38)28(32(35)42)31(41)33(20,43)30(40)26(19)29(27)39/h3-10,19-20,26,28,36-37,43H,1-2,11-15H2,(H2,35,42)/t19-,20+,26?,28?,33+/m1/s1. The zero-order chi connectivity index (χ0) is 30.6. The summed E-state index contributed by atoms with van der Waals surface area (Å²) in [5.74, 6) is -10.5. The number of rotatable bonds is 6. The molecule has 2 fully saturated rings. The van der Waals surface area contributed by atoms with Gasteiger partial charge in [0.05, 0.1) is 11.5 Å². The maximum atomic E-state index is 13.8. The first-order valence-electron chi connectivity index (χ1n) is 14.4. The van der Waals surface area contributed by atoms with Crippen LogP contribution in [0.4, 0.5) is 4.39 Å². The molecule has 2 aromatic rings. The fourth-order valence-electron chi connectivity index (χ4n) is 7.27. The highest BCUT2D eigenvalue weighted by Crippen LogP contribution is 2.51. The van der Waals surface area contributed by atoms with Crippen molar-refractivity contribution in [1.82, 2.24) is 5.32 Å². The van der Waals surface area contributed by atoms with E-state index in [0.717, 1.165) is 23.1 Å². The fourth-order valence-corrected chi connectivity index (χ4v) is 7.27. The lowest BCUT2D eigenvalue weighted by molar-refractivity contribution is -0.175. The van der Waals surface area contributed by atoms with E-state index in [2.05, 4.69) is 5.32 Å². The highest BCUT2D eigenvalue weighted by atomic mass is 19.1. The Hall–Kier alpha value is -4.28. The number of amides is 1. The van der Waals surface area contributed by atoms with E-state index in [1.165, 1.54) is 6.07 Å². The number of Topliss-reactive ketones (excluding diaryl/α,β-unsaturated/α-hetero) is 4. The Morgan fingerprint density at radius 1 is 1.02 bits per heavy atom. The van der Waals surface area contributed by atoms with Crippen LogP contribution in [-0.4, -0.2) is 51.4 Å². The van der Waals surface area contributed by atoms with E-state index in [1.807, 2.05) is 24.3 Å². The Morgan fingerprint density at radius 3 is 2.47 bits per heavy atom. The summed E-state index contributed by atoms with van der Waals surface area (Å²) < 4.78 is 13.5. The molecule has 10 heteroatoms. The second kappa shape index (κ2) is 10.8. The Balaban J connectivity index is 1.26. The van der Waals surface area contributed by atoms with Gasteiger partial charge in [-0.25, -0.2) is 4.39 Å². The van der Waals surface area contributed by atoms with E-state index >= 15 is 0 Å². The number of allylic oxidation sites excluding steroid dienone is 3. The Bertz CT molecular complexity index is 1640. The van der Waals surface area contributed by atoms with Crippen LogP contribution in [0.2, 0.25) is 0 Å². The summed E-state index contributed by atoms with van der Waals surface area (Å²) in [5, 5.41) is 25.4. The van der Waals surface area contributed by atoms with Crippen molar-refractivity contribution in [1.29, 1.82) is 0 Å². The normalized spacial score (nSPS) is 28.4. The number of carbonyl (C=O) groups is 5. The first-order chi connectivity index (χ1) is 20.5. The van der Waals surface area contributed by atoms with Crippen LogP contribution in [0.5, 0.6) is 5.75 Å². The van der Waals surface area contributed by atoms with Crippen LogP contribution in [0.3, 0.4) is 0 Å². The van der Waals surface area contributed by atoms with Crippen molar-refractivity contribution in [3.8, 4) is 16.9 Å². The van der Waals surface area contributed by atoms with Crippen molar-refractivity contribution in [2.75, 3.05) is 6.54 Å². The number of halogens is 1. The van der Waals surface area contributed by atoms with Crippen LogP contribution in [0.1, 0.15) is 47.2 Å². The van der Waals surface area contributed by atoms with Gasteiger partial charge in [0, 0.05) is 25.4 Å². The molecule has 1 amide bonds. The molecule has 2 saturated carbocycles. The molecule has 5 atom stereocenters. The predicted molar refractivity (Wildman–Crippen MR) is 152 cm³/mol.